The second kappa shape index (κ2) is 6.57. The molecular weight excluding hydrogens is 280 g/mol. The number of fused-ring (bicyclic) bond motifs is 1. The summed E-state index contributed by atoms with van der Waals surface area (Å²) in [6, 6.07) is 0.283. The van der Waals surface area contributed by atoms with Crippen LogP contribution in [0.2, 0.25) is 0 Å². The van der Waals surface area contributed by atoms with Crippen LogP contribution in [0.5, 0.6) is 0 Å². The van der Waals surface area contributed by atoms with Crippen LogP contribution in [0, 0.1) is 11.3 Å². The molecule has 1 aliphatic heterocycles. The maximum Gasteiger partial charge on any atom is 0.223 e. The molecule has 0 aromatic rings. The number of likely N-dealkylation sites (tertiary alicyclic amines) is 1. The molecule has 5 heteroatoms. The van der Waals surface area contributed by atoms with Gasteiger partial charge < -0.3 is 15.0 Å². The number of ether oxygens (including phenoxy) is 1. The van der Waals surface area contributed by atoms with E-state index in [1.165, 1.54) is 6.42 Å². The lowest BCUT2D eigenvalue weighted by molar-refractivity contribution is -0.143. The molecule has 2 atom stereocenters. The zero-order valence-corrected chi connectivity index (χ0v) is 13.6. The maximum absolute atomic E-state index is 12.3. The van der Waals surface area contributed by atoms with Gasteiger partial charge in [-0.2, -0.15) is 0 Å². The zero-order chi connectivity index (χ0) is 15.6. The number of hydrogen-bond donors (Lipinski definition) is 1. The van der Waals surface area contributed by atoms with E-state index in [-0.39, 0.29) is 29.2 Å². The van der Waals surface area contributed by atoms with Gasteiger partial charge in [-0.25, -0.2) is 0 Å². The fourth-order valence-electron chi connectivity index (χ4n) is 4.41. The van der Waals surface area contributed by atoms with Crippen molar-refractivity contribution in [3.63, 3.8) is 0 Å². The van der Waals surface area contributed by atoms with Gasteiger partial charge in [-0.3, -0.25) is 9.59 Å². The molecular formula is C17H28N2O3. The first-order valence-electron chi connectivity index (χ1n) is 8.72. The van der Waals surface area contributed by atoms with E-state index in [4.69, 9.17) is 4.74 Å². The average molecular weight is 308 g/mol. The summed E-state index contributed by atoms with van der Waals surface area (Å²) in [6.07, 6.45) is 8.14. The molecule has 0 spiro atoms. The van der Waals surface area contributed by atoms with Gasteiger partial charge in [0.2, 0.25) is 11.8 Å². The van der Waals surface area contributed by atoms with E-state index in [0.29, 0.717) is 19.6 Å². The highest BCUT2D eigenvalue weighted by Gasteiger charge is 2.50. The van der Waals surface area contributed by atoms with E-state index < -0.39 is 0 Å². The molecule has 1 N–H and O–H groups in total. The number of piperidine rings is 1. The minimum absolute atomic E-state index is 0.0983. The number of rotatable bonds is 6. The Morgan fingerprint density at radius 3 is 2.82 bits per heavy atom. The van der Waals surface area contributed by atoms with Gasteiger partial charge in [-0.15, -0.1) is 0 Å². The number of amides is 2. The molecule has 2 unspecified atom stereocenters. The van der Waals surface area contributed by atoms with Crippen LogP contribution in [0.1, 0.15) is 51.4 Å². The van der Waals surface area contributed by atoms with Gasteiger partial charge in [0.05, 0.1) is 6.61 Å². The van der Waals surface area contributed by atoms with Crippen LogP contribution in [0.15, 0.2) is 0 Å². The molecule has 0 aromatic carbocycles. The molecule has 2 saturated carbocycles. The Kier molecular flexibility index (Phi) is 4.71. The van der Waals surface area contributed by atoms with Gasteiger partial charge in [0, 0.05) is 44.0 Å². The molecule has 1 saturated heterocycles. The lowest BCUT2D eigenvalue weighted by Crippen LogP contribution is -2.57. The molecule has 1 heterocycles. The number of nitrogens with one attached hydrogen (secondary N) is 1. The molecule has 124 valence electrons. The van der Waals surface area contributed by atoms with E-state index in [0.717, 1.165) is 45.1 Å². The Bertz CT molecular complexity index is 436. The summed E-state index contributed by atoms with van der Waals surface area (Å²) >= 11 is 0. The third-order valence-corrected chi connectivity index (χ3v) is 6.02. The molecule has 2 aliphatic carbocycles. The van der Waals surface area contributed by atoms with Gasteiger partial charge >= 0.3 is 0 Å². The first kappa shape index (κ1) is 15.8. The summed E-state index contributed by atoms with van der Waals surface area (Å²) in [5.74, 6) is 0.725. The predicted molar refractivity (Wildman–Crippen MR) is 83.2 cm³/mol. The second-order valence-corrected chi connectivity index (χ2v) is 7.20. The Morgan fingerprint density at radius 2 is 2.14 bits per heavy atom. The van der Waals surface area contributed by atoms with Crippen LogP contribution in [0.3, 0.4) is 0 Å². The fraction of sp³-hybridized carbons (Fsp3) is 0.882. The van der Waals surface area contributed by atoms with Crippen LogP contribution in [-0.4, -0.2) is 49.6 Å². The number of nitrogens with zero attached hydrogens (tertiary/aromatic N) is 1. The fourth-order valence-corrected chi connectivity index (χ4v) is 4.41. The average Bonchev–Trinajstić information content (AvgIpc) is 2.87. The molecule has 2 amide bonds. The van der Waals surface area contributed by atoms with E-state index >= 15 is 0 Å². The standard InChI is InChI=1S/C17H28N2O3/c1-22-11-10-19-14-6-3-8-17(14,9-7-15(19)20)12-18-16(21)13-4-2-5-13/h13-14H,2-12H2,1H3,(H,18,21). The van der Waals surface area contributed by atoms with Crippen molar-refractivity contribution in [1.29, 1.82) is 0 Å². The van der Waals surface area contributed by atoms with Crippen molar-refractivity contribution in [2.75, 3.05) is 26.8 Å². The lowest BCUT2D eigenvalue weighted by Gasteiger charge is -2.46. The minimum Gasteiger partial charge on any atom is -0.383 e. The Morgan fingerprint density at radius 1 is 1.32 bits per heavy atom. The smallest absolute Gasteiger partial charge is 0.223 e. The van der Waals surface area contributed by atoms with Crippen molar-refractivity contribution in [2.24, 2.45) is 11.3 Å². The summed E-state index contributed by atoms with van der Waals surface area (Å²) in [5, 5.41) is 3.20. The van der Waals surface area contributed by atoms with E-state index in [1.807, 2.05) is 4.90 Å². The van der Waals surface area contributed by atoms with E-state index in [9.17, 15) is 9.59 Å². The van der Waals surface area contributed by atoms with Crippen LogP contribution < -0.4 is 5.32 Å². The van der Waals surface area contributed by atoms with Gasteiger partial charge in [-0.1, -0.05) is 12.8 Å². The largest absolute Gasteiger partial charge is 0.383 e. The van der Waals surface area contributed by atoms with Crippen molar-refractivity contribution >= 4 is 11.8 Å². The monoisotopic (exact) mass is 308 g/mol. The highest BCUT2D eigenvalue weighted by atomic mass is 16.5. The molecule has 0 radical (unpaired) electrons. The van der Waals surface area contributed by atoms with Gasteiger partial charge in [0.25, 0.3) is 0 Å². The molecule has 5 nitrogen and oxygen atoms in total. The lowest BCUT2D eigenvalue weighted by atomic mass is 9.74. The molecule has 3 fully saturated rings. The third kappa shape index (κ3) is 2.87. The Hall–Kier alpha value is -1.10. The van der Waals surface area contributed by atoms with Crippen molar-refractivity contribution in [3.8, 4) is 0 Å². The number of carbonyl (C=O) groups is 2. The Labute approximate surface area is 132 Å². The normalized spacial score (nSPS) is 31.8. The minimum atomic E-state index is 0.0983. The van der Waals surface area contributed by atoms with E-state index in [2.05, 4.69) is 5.32 Å². The molecule has 0 bridgehead atoms. The quantitative estimate of drug-likeness (QED) is 0.812. The van der Waals surface area contributed by atoms with E-state index in [1.54, 1.807) is 7.11 Å². The number of methoxy groups -OCH3 is 1. The van der Waals surface area contributed by atoms with Crippen molar-refractivity contribution < 1.29 is 14.3 Å². The first-order chi connectivity index (χ1) is 10.7. The zero-order valence-electron chi connectivity index (χ0n) is 13.6. The van der Waals surface area contributed by atoms with Crippen molar-refractivity contribution in [3.05, 3.63) is 0 Å². The van der Waals surface area contributed by atoms with Crippen molar-refractivity contribution in [2.45, 2.75) is 57.4 Å². The summed E-state index contributed by atoms with van der Waals surface area (Å²) in [5.41, 5.74) is 0.0983. The van der Waals surface area contributed by atoms with Crippen LogP contribution in [-0.2, 0) is 14.3 Å². The van der Waals surface area contributed by atoms with Crippen LogP contribution in [0.25, 0.3) is 0 Å². The van der Waals surface area contributed by atoms with Gasteiger partial charge in [-0.05, 0) is 32.1 Å². The highest BCUT2D eigenvalue weighted by molar-refractivity contribution is 5.80. The highest BCUT2D eigenvalue weighted by Crippen LogP contribution is 2.47. The summed E-state index contributed by atoms with van der Waals surface area (Å²) in [4.78, 5) is 26.5. The first-order valence-corrected chi connectivity index (χ1v) is 8.72. The Balaban J connectivity index is 1.64. The summed E-state index contributed by atoms with van der Waals surface area (Å²) in [6.45, 7) is 2.01. The number of carbonyl (C=O) groups excluding carboxylic acids is 2. The summed E-state index contributed by atoms with van der Waals surface area (Å²) in [7, 11) is 1.68. The topological polar surface area (TPSA) is 58.6 Å². The summed E-state index contributed by atoms with van der Waals surface area (Å²) < 4.78 is 5.16. The third-order valence-electron chi connectivity index (χ3n) is 6.02. The SMILES string of the molecule is COCCN1C(=O)CCC2(CNC(=O)C3CCC3)CCCC12. The van der Waals surface area contributed by atoms with Crippen molar-refractivity contribution in [1.82, 2.24) is 10.2 Å². The second-order valence-electron chi connectivity index (χ2n) is 7.20. The molecule has 3 aliphatic rings. The molecule has 22 heavy (non-hydrogen) atoms. The van der Waals surface area contributed by atoms with Crippen LogP contribution in [0.4, 0.5) is 0 Å². The maximum atomic E-state index is 12.3. The van der Waals surface area contributed by atoms with Gasteiger partial charge in [0.15, 0.2) is 0 Å². The number of hydrogen-bond acceptors (Lipinski definition) is 3. The van der Waals surface area contributed by atoms with Gasteiger partial charge in [0.1, 0.15) is 0 Å². The molecule has 3 rings (SSSR count). The predicted octanol–water partition coefficient (Wildman–Crippen LogP) is 1.71. The molecule has 0 aromatic heterocycles. The van der Waals surface area contributed by atoms with Crippen LogP contribution >= 0.6 is 0 Å².